The zero-order valence-electron chi connectivity index (χ0n) is 11.0. The third-order valence-electron chi connectivity index (χ3n) is 2.58. The molecule has 0 aliphatic rings. The minimum absolute atomic E-state index is 0.467. The molecular weight excluding hydrogens is 234 g/mol. The number of hydrogen-bond acceptors (Lipinski definition) is 5. The first-order valence-corrected chi connectivity index (χ1v) is 6.00. The molecule has 0 aliphatic heterocycles. The minimum atomic E-state index is -0.866. The highest BCUT2D eigenvalue weighted by Crippen LogP contribution is 2.18. The topological polar surface area (TPSA) is 75.5 Å². The summed E-state index contributed by atoms with van der Waals surface area (Å²) in [6, 6.07) is 1.06. The van der Waals surface area contributed by atoms with Gasteiger partial charge < -0.3 is 14.7 Å². The number of carbonyl (C=O) groups is 1. The van der Waals surface area contributed by atoms with E-state index in [9.17, 15) is 4.79 Å². The average molecular weight is 253 g/mol. The van der Waals surface area contributed by atoms with Gasteiger partial charge in [0, 0.05) is 13.1 Å². The zero-order valence-corrected chi connectivity index (χ0v) is 11.0. The van der Waals surface area contributed by atoms with Crippen molar-refractivity contribution in [3.8, 4) is 5.88 Å². The predicted octanol–water partition coefficient (Wildman–Crippen LogP) is 1.56. The second-order valence-electron chi connectivity index (χ2n) is 3.94. The fourth-order valence-corrected chi connectivity index (χ4v) is 1.58. The van der Waals surface area contributed by atoms with Gasteiger partial charge in [0.25, 0.3) is 0 Å². The van der Waals surface area contributed by atoms with Crippen LogP contribution in [0.3, 0.4) is 0 Å². The molecule has 6 heteroatoms. The molecule has 0 bridgehead atoms. The molecule has 0 fully saturated rings. The van der Waals surface area contributed by atoms with Crippen molar-refractivity contribution in [2.75, 3.05) is 18.6 Å². The second kappa shape index (κ2) is 6.78. The third-order valence-corrected chi connectivity index (χ3v) is 2.58. The number of ether oxygens (including phenoxy) is 1. The SMILES string of the molecule is CCCOc1cc(N(C)C(CC)C(=O)O)ncn1. The van der Waals surface area contributed by atoms with Gasteiger partial charge in [-0.15, -0.1) is 0 Å². The summed E-state index contributed by atoms with van der Waals surface area (Å²) in [4.78, 5) is 20.8. The Balaban J connectivity index is 2.84. The highest BCUT2D eigenvalue weighted by molar-refractivity contribution is 5.77. The molecule has 18 heavy (non-hydrogen) atoms. The average Bonchev–Trinajstić information content (AvgIpc) is 2.37. The first-order valence-electron chi connectivity index (χ1n) is 6.00. The molecule has 0 aliphatic carbocycles. The normalized spacial score (nSPS) is 11.9. The van der Waals surface area contributed by atoms with Gasteiger partial charge in [-0.1, -0.05) is 13.8 Å². The van der Waals surface area contributed by atoms with Gasteiger partial charge in [0.05, 0.1) is 6.61 Å². The van der Waals surface area contributed by atoms with E-state index in [4.69, 9.17) is 9.84 Å². The summed E-state index contributed by atoms with van der Waals surface area (Å²) < 4.78 is 5.39. The summed E-state index contributed by atoms with van der Waals surface area (Å²) in [6.07, 6.45) is 2.77. The Morgan fingerprint density at radius 2 is 2.22 bits per heavy atom. The van der Waals surface area contributed by atoms with Gasteiger partial charge >= 0.3 is 5.97 Å². The van der Waals surface area contributed by atoms with Crippen LogP contribution in [0, 0.1) is 0 Å². The van der Waals surface area contributed by atoms with E-state index in [1.54, 1.807) is 18.0 Å². The van der Waals surface area contributed by atoms with Crippen molar-refractivity contribution in [3.63, 3.8) is 0 Å². The minimum Gasteiger partial charge on any atom is -0.480 e. The summed E-state index contributed by atoms with van der Waals surface area (Å²) in [5.41, 5.74) is 0. The summed E-state index contributed by atoms with van der Waals surface area (Å²) in [5, 5.41) is 9.10. The van der Waals surface area contributed by atoms with Crippen LogP contribution >= 0.6 is 0 Å². The molecule has 1 atom stereocenters. The molecule has 0 saturated heterocycles. The fourth-order valence-electron chi connectivity index (χ4n) is 1.58. The Morgan fingerprint density at radius 3 is 2.78 bits per heavy atom. The van der Waals surface area contributed by atoms with Crippen molar-refractivity contribution < 1.29 is 14.6 Å². The Hall–Kier alpha value is -1.85. The van der Waals surface area contributed by atoms with Gasteiger partial charge in [0.2, 0.25) is 5.88 Å². The van der Waals surface area contributed by atoms with Crippen molar-refractivity contribution in [2.24, 2.45) is 0 Å². The smallest absolute Gasteiger partial charge is 0.326 e. The third kappa shape index (κ3) is 3.58. The van der Waals surface area contributed by atoms with E-state index in [2.05, 4.69) is 9.97 Å². The maximum Gasteiger partial charge on any atom is 0.326 e. The number of rotatable bonds is 7. The first kappa shape index (κ1) is 14.2. The highest BCUT2D eigenvalue weighted by atomic mass is 16.5. The lowest BCUT2D eigenvalue weighted by atomic mass is 10.2. The fraction of sp³-hybridized carbons (Fsp3) is 0.583. The van der Waals surface area contributed by atoms with Crippen LogP contribution in [0.15, 0.2) is 12.4 Å². The lowest BCUT2D eigenvalue weighted by Crippen LogP contribution is -2.38. The summed E-state index contributed by atoms with van der Waals surface area (Å²) in [6.45, 7) is 4.41. The number of aromatic nitrogens is 2. The number of carboxylic acid groups (broad SMARTS) is 1. The van der Waals surface area contributed by atoms with Gasteiger partial charge in [-0.3, -0.25) is 0 Å². The van der Waals surface area contributed by atoms with E-state index in [-0.39, 0.29) is 0 Å². The van der Waals surface area contributed by atoms with Crippen molar-refractivity contribution in [2.45, 2.75) is 32.7 Å². The van der Waals surface area contributed by atoms with Gasteiger partial charge in [-0.05, 0) is 12.8 Å². The predicted molar refractivity (Wildman–Crippen MR) is 67.9 cm³/mol. The van der Waals surface area contributed by atoms with Gasteiger partial charge in [-0.2, -0.15) is 0 Å². The maximum atomic E-state index is 11.1. The van der Waals surface area contributed by atoms with Crippen LogP contribution in [0.2, 0.25) is 0 Å². The van der Waals surface area contributed by atoms with E-state index in [0.717, 1.165) is 6.42 Å². The van der Waals surface area contributed by atoms with E-state index in [0.29, 0.717) is 24.7 Å². The van der Waals surface area contributed by atoms with Crippen LogP contribution < -0.4 is 9.64 Å². The Labute approximate surface area is 107 Å². The Morgan fingerprint density at radius 1 is 1.50 bits per heavy atom. The molecule has 6 nitrogen and oxygen atoms in total. The number of aliphatic carboxylic acids is 1. The van der Waals surface area contributed by atoms with E-state index in [1.165, 1.54) is 6.33 Å². The summed E-state index contributed by atoms with van der Waals surface area (Å²) in [5.74, 6) is 0.147. The van der Waals surface area contributed by atoms with Gasteiger partial charge in [-0.25, -0.2) is 14.8 Å². The molecular formula is C12H19N3O3. The van der Waals surface area contributed by atoms with Crippen molar-refractivity contribution >= 4 is 11.8 Å². The number of nitrogens with zero attached hydrogens (tertiary/aromatic N) is 3. The largest absolute Gasteiger partial charge is 0.480 e. The van der Waals surface area contributed by atoms with E-state index in [1.807, 2.05) is 13.8 Å². The molecule has 1 aromatic rings. The molecule has 0 radical (unpaired) electrons. The number of hydrogen-bond donors (Lipinski definition) is 1. The number of anilines is 1. The van der Waals surface area contributed by atoms with Gasteiger partial charge in [0.15, 0.2) is 0 Å². The molecule has 0 amide bonds. The van der Waals surface area contributed by atoms with Crippen molar-refractivity contribution in [1.29, 1.82) is 0 Å². The lowest BCUT2D eigenvalue weighted by Gasteiger charge is -2.24. The van der Waals surface area contributed by atoms with Crippen LogP contribution in [-0.2, 0) is 4.79 Å². The summed E-state index contributed by atoms with van der Waals surface area (Å²) in [7, 11) is 1.70. The standard InChI is InChI=1S/C12H19N3O3/c1-4-6-18-11-7-10(13-8-14-11)15(3)9(5-2)12(16)17/h7-9H,4-6H2,1-3H3,(H,16,17). The Bertz CT molecular complexity index is 398. The molecule has 0 spiro atoms. The monoisotopic (exact) mass is 253 g/mol. The first-order chi connectivity index (χ1) is 8.60. The zero-order chi connectivity index (χ0) is 13.5. The van der Waals surface area contributed by atoms with Crippen LogP contribution in [0.1, 0.15) is 26.7 Å². The van der Waals surface area contributed by atoms with Crippen LogP contribution in [0.25, 0.3) is 0 Å². The Kier molecular flexibility index (Phi) is 5.35. The quantitative estimate of drug-likeness (QED) is 0.794. The van der Waals surface area contributed by atoms with E-state index >= 15 is 0 Å². The van der Waals surface area contributed by atoms with Crippen molar-refractivity contribution in [3.05, 3.63) is 12.4 Å². The molecule has 1 heterocycles. The van der Waals surface area contributed by atoms with Crippen LogP contribution in [0.4, 0.5) is 5.82 Å². The molecule has 1 aromatic heterocycles. The lowest BCUT2D eigenvalue weighted by molar-refractivity contribution is -0.138. The molecule has 0 aromatic carbocycles. The molecule has 0 saturated carbocycles. The summed E-state index contributed by atoms with van der Waals surface area (Å²) >= 11 is 0. The van der Waals surface area contributed by atoms with Crippen LogP contribution in [0.5, 0.6) is 5.88 Å². The molecule has 1 rings (SSSR count). The van der Waals surface area contributed by atoms with E-state index < -0.39 is 12.0 Å². The van der Waals surface area contributed by atoms with Crippen LogP contribution in [-0.4, -0.2) is 40.7 Å². The number of likely N-dealkylation sites (N-methyl/N-ethyl adjacent to an activating group) is 1. The second-order valence-corrected chi connectivity index (χ2v) is 3.94. The number of carboxylic acids is 1. The van der Waals surface area contributed by atoms with Gasteiger partial charge in [0.1, 0.15) is 18.2 Å². The molecule has 100 valence electrons. The molecule has 1 N–H and O–H groups in total. The maximum absolute atomic E-state index is 11.1. The molecule has 1 unspecified atom stereocenters. The van der Waals surface area contributed by atoms with Crippen molar-refractivity contribution in [1.82, 2.24) is 9.97 Å². The highest BCUT2D eigenvalue weighted by Gasteiger charge is 2.21.